The van der Waals surface area contributed by atoms with Gasteiger partial charge in [0.2, 0.25) is 0 Å². The van der Waals surface area contributed by atoms with Gasteiger partial charge in [0, 0.05) is 21.1 Å². The molecule has 5 nitrogen and oxygen atoms in total. The SMILES string of the molecule is CC(=O)c1cccc(NC(=O)c2cc3cc(Br)ccc3oc2=O)c1. The molecule has 0 saturated carbocycles. The topological polar surface area (TPSA) is 76.4 Å². The lowest BCUT2D eigenvalue weighted by Crippen LogP contribution is -2.20. The minimum atomic E-state index is -0.718. The first-order chi connectivity index (χ1) is 11.4. The third-order valence-corrected chi connectivity index (χ3v) is 3.96. The zero-order valence-electron chi connectivity index (χ0n) is 12.6. The Morgan fingerprint density at radius 3 is 2.62 bits per heavy atom. The largest absolute Gasteiger partial charge is 0.422 e. The van der Waals surface area contributed by atoms with Crippen LogP contribution in [0.15, 0.2) is 62.2 Å². The number of ketones is 1. The fourth-order valence-corrected chi connectivity index (χ4v) is 2.65. The minimum Gasteiger partial charge on any atom is -0.422 e. The van der Waals surface area contributed by atoms with Crippen LogP contribution in [0.1, 0.15) is 27.6 Å². The molecule has 1 aromatic heterocycles. The van der Waals surface area contributed by atoms with E-state index in [9.17, 15) is 14.4 Å². The third kappa shape index (κ3) is 3.28. The maximum atomic E-state index is 12.4. The molecule has 0 bridgehead atoms. The van der Waals surface area contributed by atoms with Crippen molar-refractivity contribution in [1.82, 2.24) is 0 Å². The number of rotatable bonds is 3. The predicted molar refractivity (Wildman–Crippen MR) is 94.6 cm³/mol. The van der Waals surface area contributed by atoms with Crippen LogP contribution < -0.4 is 10.9 Å². The summed E-state index contributed by atoms with van der Waals surface area (Å²) in [6.07, 6.45) is 0. The zero-order valence-corrected chi connectivity index (χ0v) is 14.2. The van der Waals surface area contributed by atoms with Gasteiger partial charge < -0.3 is 9.73 Å². The van der Waals surface area contributed by atoms with Gasteiger partial charge in [-0.15, -0.1) is 0 Å². The molecule has 1 amide bonds. The Labute approximate surface area is 145 Å². The fraction of sp³-hybridized carbons (Fsp3) is 0.0556. The number of fused-ring (bicyclic) bond motifs is 1. The number of halogens is 1. The molecule has 0 fully saturated rings. The van der Waals surface area contributed by atoms with E-state index in [1.165, 1.54) is 13.0 Å². The van der Waals surface area contributed by atoms with Crippen LogP contribution in [0.4, 0.5) is 5.69 Å². The maximum absolute atomic E-state index is 12.4. The van der Waals surface area contributed by atoms with Gasteiger partial charge in [0.05, 0.1) is 0 Å². The van der Waals surface area contributed by atoms with E-state index in [2.05, 4.69) is 21.2 Å². The Morgan fingerprint density at radius 2 is 1.88 bits per heavy atom. The van der Waals surface area contributed by atoms with Crippen molar-refractivity contribution in [3.05, 3.63) is 74.6 Å². The quantitative estimate of drug-likeness (QED) is 0.545. The number of carbonyl (C=O) groups excluding carboxylic acids is 2. The number of carbonyl (C=O) groups is 2. The highest BCUT2D eigenvalue weighted by Gasteiger charge is 2.14. The van der Waals surface area contributed by atoms with Gasteiger partial charge in [-0.1, -0.05) is 28.1 Å². The van der Waals surface area contributed by atoms with E-state index in [1.807, 2.05) is 0 Å². The van der Waals surface area contributed by atoms with E-state index in [-0.39, 0.29) is 11.3 Å². The number of hydrogen-bond acceptors (Lipinski definition) is 4. The number of amides is 1. The summed E-state index contributed by atoms with van der Waals surface area (Å²) in [6, 6.07) is 13.1. The maximum Gasteiger partial charge on any atom is 0.349 e. The smallest absolute Gasteiger partial charge is 0.349 e. The fourth-order valence-electron chi connectivity index (χ4n) is 2.27. The minimum absolute atomic E-state index is 0.103. The van der Waals surface area contributed by atoms with Crippen molar-refractivity contribution in [3.63, 3.8) is 0 Å². The van der Waals surface area contributed by atoms with Crippen LogP contribution in [-0.4, -0.2) is 11.7 Å². The second-order valence-corrected chi connectivity index (χ2v) is 6.14. The Balaban J connectivity index is 1.96. The van der Waals surface area contributed by atoms with Crippen LogP contribution in [0, 0.1) is 0 Å². The highest BCUT2D eigenvalue weighted by Crippen LogP contribution is 2.20. The lowest BCUT2D eigenvalue weighted by molar-refractivity contribution is 0.100. The van der Waals surface area contributed by atoms with Gasteiger partial charge in [0.15, 0.2) is 5.78 Å². The molecule has 120 valence electrons. The molecule has 0 atom stereocenters. The first-order valence-electron chi connectivity index (χ1n) is 7.10. The van der Waals surface area contributed by atoms with Crippen LogP contribution in [-0.2, 0) is 0 Å². The van der Waals surface area contributed by atoms with Crippen LogP contribution >= 0.6 is 15.9 Å². The first kappa shape index (κ1) is 16.1. The van der Waals surface area contributed by atoms with Crippen molar-refractivity contribution < 1.29 is 14.0 Å². The monoisotopic (exact) mass is 385 g/mol. The average molecular weight is 386 g/mol. The highest BCUT2D eigenvalue weighted by atomic mass is 79.9. The van der Waals surface area contributed by atoms with Crippen molar-refractivity contribution in [3.8, 4) is 0 Å². The van der Waals surface area contributed by atoms with Crippen LogP contribution in [0.3, 0.4) is 0 Å². The van der Waals surface area contributed by atoms with Crippen LogP contribution in [0.2, 0.25) is 0 Å². The van der Waals surface area contributed by atoms with Gasteiger partial charge in [-0.05, 0) is 43.3 Å². The molecule has 0 radical (unpaired) electrons. The molecule has 1 N–H and O–H groups in total. The number of Topliss-reactive ketones (excluding diaryl/α,β-unsaturated/α-hetero) is 1. The Kier molecular flexibility index (Phi) is 4.31. The number of nitrogens with one attached hydrogen (secondary N) is 1. The molecule has 0 unspecified atom stereocenters. The predicted octanol–water partition coefficient (Wildman–Crippen LogP) is 4.01. The van der Waals surface area contributed by atoms with Crippen LogP contribution in [0.25, 0.3) is 11.0 Å². The van der Waals surface area contributed by atoms with Crippen molar-refractivity contribution in [2.75, 3.05) is 5.32 Å². The molecule has 0 aliphatic carbocycles. The number of hydrogen-bond donors (Lipinski definition) is 1. The van der Waals surface area contributed by atoms with Gasteiger partial charge in [-0.2, -0.15) is 0 Å². The van der Waals surface area contributed by atoms with Crippen molar-refractivity contribution in [2.24, 2.45) is 0 Å². The summed E-state index contributed by atoms with van der Waals surface area (Å²) >= 11 is 3.34. The van der Waals surface area contributed by atoms with Crippen LogP contribution in [0.5, 0.6) is 0 Å². The number of anilines is 1. The molecule has 6 heteroatoms. The summed E-state index contributed by atoms with van der Waals surface area (Å²) in [4.78, 5) is 35.8. The lowest BCUT2D eigenvalue weighted by atomic mass is 10.1. The molecular formula is C18H12BrNO4. The summed E-state index contributed by atoms with van der Waals surface area (Å²) in [6.45, 7) is 1.44. The van der Waals surface area contributed by atoms with E-state index >= 15 is 0 Å². The van der Waals surface area contributed by atoms with Gasteiger partial charge in [-0.3, -0.25) is 9.59 Å². The van der Waals surface area contributed by atoms with E-state index < -0.39 is 11.5 Å². The van der Waals surface area contributed by atoms with Gasteiger partial charge in [0.1, 0.15) is 11.1 Å². The van der Waals surface area contributed by atoms with Crippen molar-refractivity contribution in [1.29, 1.82) is 0 Å². The molecule has 2 aromatic carbocycles. The summed E-state index contributed by atoms with van der Waals surface area (Å²) in [5.41, 5.74) is 0.487. The first-order valence-corrected chi connectivity index (χ1v) is 7.89. The summed E-state index contributed by atoms with van der Waals surface area (Å²) in [5, 5.41) is 3.24. The second kappa shape index (κ2) is 6.41. The molecular weight excluding hydrogens is 374 g/mol. The third-order valence-electron chi connectivity index (χ3n) is 3.47. The van der Waals surface area contributed by atoms with Crippen molar-refractivity contribution >= 4 is 44.3 Å². The molecule has 1 heterocycles. The van der Waals surface area contributed by atoms with E-state index in [1.54, 1.807) is 42.5 Å². The summed E-state index contributed by atoms with van der Waals surface area (Å²) < 4.78 is 5.99. The van der Waals surface area contributed by atoms with E-state index in [0.717, 1.165) is 4.47 Å². The molecule has 3 rings (SSSR count). The molecule has 0 aliphatic heterocycles. The zero-order chi connectivity index (χ0) is 17.3. The molecule has 0 spiro atoms. The second-order valence-electron chi connectivity index (χ2n) is 5.22. The van der Waals surface area contributed by atoms with E-state index in [0.29, 0.717) is 22.2 Å². The van der Waals surface area contributed by atoms with Gasteiger partial charge in [0.25, 0.3) is 5.91 Å². The van der Waals surface area contributed by atoms with Crippen molar-refractivity contribution in [2.45, 2.75) is 6.92 Å². The normalized spacial score (nSPS) is 10.6. The Hall–Kier alpha value is -2.73. The highest BCUT2D eigenvalue weighted by molar-refractivity contribution is 9.10. The summed E-state index contributed by atoms with van der Waals surface area (Å²) in [5.74, 6) is -0.701. The molecule has 0 aliphatic rings. The standard InChI is InChI=1S/C18H12BrNO4/c1-10(21)11-3-2-4-14(8-11)20-17(22)15-9-12-7-13(19)5-6-16(12)24-18(15)23/h2-9H,1H3,(H,20,22). The molecule has 24 heavy (non-hydrogen) atoms. The lowest BCUT2D eigenvalue weighted by Gasteiger charge is -2.06. The number of benzene rings is 2. The van der Waals surface area contributed by atoms with E-state index in [4.69, 9.17) is 4.42 Å². The molecule has 0 saturated heterocycles. The Bertz CT molecular complexity index is 1020. The average Bonchev–Trinajstić information content (AvgIpc) is 2.54. The Morgan fingerprint density at radius 1 is 1.08 bits per heavy atom. The molecule has 3 aromatic rings. The van der Waals surface area contributed by atoms with Gasteiger partial charge >= 0.3 is 5.63 Å². The van der Waals surface area contributed by atoms with Gasteiger partial charge in [-0.25, -0.2) is 4.79 Å². The summed E-state index contributed by atoms with van der Waals surface area (Å²) in [7, 11) is 0.